The van der Waals surface area contributed by atoms with Crippen LogP contribution < -0.4 is 0 Å². The van der Waals surface area contributed by atoms with E-state index in [1.165, 1.54) is 64.2 Å². The smallest absolute Gasteiger partial charge is 0.302 e. The Labute approximate surface area is 198 Å². The van der Waals surface area contributed by atoms with Crippen LogP contribution in [0.2, 0.25) is 0 Å². The summed E-state index contributed by atoms with van der Waals surface area (Å²) in [7, 11) is 0. The van der Waals surface area contributed by atoms with Crippen molar-refractivity contribution in [3.63, 3.8) is 0 Å². The topological polar surface area (TPSA) is 26.3 Å². The van der Waals surface area contributed by atoms with E-state index in [0.717, 1.165) is 48.3 Å². The monoisotopic (exact) mass is 442 g/mol. The molecule has 0 aromatic rings. The molecule has 4 rings (SSSR count). The van der Waals surface area contributed by atoms with Crippen molar-refractivity contribution in [1.29, 1.82) is 0 Å². The molecule has 0 aliphatic heterocycles. The second kappa shape index (κ2) is 9.46. The molecule has 0 spiro atoms. The van der Waals surface area contributed by atoms with Crippen LogP contribution >= 0.6 is 0 Å². The van der Waals surface area contributed by atoms with Gasteiger partial charge in [0.1, 0.15) is 6.10 Å². The van der Waals surface area contributed by atoms with E-state index < -0.39 is 0 Å². The molecule has 0 aromatic heterocycles. The largest absolute Gasteiger partial charge is 0.462 e. The molecule has 4 aliphatic rings. The molecule has 0 aromatic carbocycles. The molecule has 182 valence electrons. The lowest BCUT2D eigenvalue weighted by Gasteiger charge is -2.58. The van der Waals surface area contributed by atoms with Gasteiger partial charge in [0, 0.05) is 13.3 Å². The molecule has 0 saturated heterocycles. The van der Waals surface area contributed by atoms with Gasteiger partial charge in [-0.05, 0) is 97.7 Å². The van der Waals surface area contributed by atoms with E-state index in [4.69, 9.17) is 4.74 Å². The Morgan fingerprint density at radius 1 is 1.12 bits per heavy atom. The van der Waals surface area contributed by atoms with Crippen molar-refractivity contribution >= 4 is 5.97 Å². The number of rotatable bonds is 7. The number of ether oxygens (including phenoxy) is 1. The third kappa shape index (κ3) is 4.34. The fourth-order valence-electron chi connectivity index (χ4n) is 9.18. The van der Waals surface area contributed by atoms with Gasteiger partial charge in [0.15, 0.2) is 0 Å². The van der Waals surface area contributed by atoms with Gasteiger partial charge in [0.05, 0.1) is 0 Å². The number of esters is 1. The Morgan fingerprint density at radius 2 is 1.91 bits per heavy atom. The summed E-state index contributed by atoms with van der Waals surface area (Å²) in [6.07, 6.45) is 18.7. The molecule has 8 atom stereocenters. The molecule has 2 heteroatoms. The molecular formula is C30H50O2. The Hall–Kier alpha value is -0.790. The summed E-state index contributed by atoms with van der Waals surface area (Å²) >= 11 is 0. The van der Waals surface area contributed by atoms with Gasteiger partial charge < -0.3 is 4.74 Å². The second-order valence-electron chi connectivity index (χ2n) is 12.9. The minimum Gasteiger partial charge on any atom is -0.462 e. The van der Waals surface area contributed by atoms with Crippen molar-refractivity contribution in [1.82, 2.24) is 0 Å². The van der Waals surface area contributed by atoms with Crippen LogP contribution in [0, 0.1) is 46.3 Å². The van der Waals surface area contributed by atoms with Crippen LogP contribution in [-0.4, -0.2) is 12.1 Å². The zero-order valence-electron chi connectivity index (χ0n) is 21.9. The third-order valence-corrected chi connectivity index (χ3v) is 11.2. The minimum absolute atomic E-state index is 0.114. The molecule has 8 unspecified atom stereocenters. The zero-order valence-corrected chi connectivity index (χ0v) is 21.9. The van der Waals surface area contributed by atoms with Crippen LogP contribution in [0.25, 0.3) is 0 Å². The number of carbonyl (C=O) groups is 1. The van der Waals surface area contributed by atoms with Crippen LogP contribution in [0.1, 0.15) is 119 Å². The van der Waals surface area contributed by atoms with E-state index in [-0.39, 0.29) is 12.1 Å². The van der Waals surface area contributed by atoms with Gasteiger partial charge in [0.25, 0.3) is 0 Å². The molecule has 4 aliphatic carbocycles. The lowest BCUT2D eigenvalue weighted by molar-refractivity contribution is -0.148. The molecule has 32 heavy (non-hydrogen) atoms. The standard InChI is InChI=1S/C30H50O2/c1-7-22(20(2)3)9-8-10-23-12-14-27-26-13-11-24-19-25(32-21(4)31)15-17-30(24,6)28(26)16-18-29(23,27)5/h11,20,22-23,25-28H,7-10,12-19H2,1-6H3. The first kappa shape index (κ1) is 24.3. The minimum atomic E-state index is -0.114. The SMILES string of the molecule is CCC(CCCC1CCC2C3CC=C4CC(OC(C)=O)CCC4(C)C3CCC12C)C(C)C. The van der Waals surface area contributed by atoms with Crippen LogP contribution in [0.5, 0.6) is 0 Å². The first-order chi connectivity index (χ1) is 15.2. The maximum Gasteiger partial charge on any atom is 0.302 e. The highest BCUT2D eigenvalue weighted by Gasteiger charge is 2.58. The summed E-state index contributed by atoms with van der Waals surface area (Å²) < 4.78 is 5.62. The van der Waals surface area contributed by atoms with Crippen LogP contribution in [0.3, 0.4) is 0 Å². The van der Waals surface area contributed by atoms with Gasteiger partial charge >= 0.3 is 5.97 Å². The molecule has 2 nitrogen and oxygen atoms in total. The molecule has 0 amide bonds. The highest BCUT2D eigenvalue weighted by Crippen LogP contribution is 2.66. The van der Waals surface area contributed by atoms with Crippen molar-refractivity contribution in [2.24, 2.45) is 46.3 Å². The third-order valence-electron chi connectivity index (χ3n) is 11.2. The Balaban J connectivity index is 1.42. The summed E-state index contributed by atoms with van der Waals surface area (Å²) in [5, 5.41) is 0. The molecule has 3 saturated carbocycles. The second-order valence-corrected chi connectivity index (χ2v) is 12.9. The fourth-order valence-corrected chi connectivity index (χ4v) is 9.18. The number of hydrogen-bond acceptors (Lipinski definition) is 2. The number of carbonyl (C=O) groups excluding carboxylic acids is 1. The first-order valence-corrected chi connectivity index (χ1v) is 14.1. The average Bonchev–Trinajstić information content (AvgIpc) is 3.07. The number of allylic oxidation sites excluding steroid dienone is 1. The summed E-state index contributed by atoms with van der Waals surface area (Å²) in [4.78, 5) is 11.5. The predicted octanol–water partition coefficient (Wildman–Crippen LogP) is 8.35. The van der Waals surface area contributed by atoms with Gasteiger partial charge in [-0.25, -0.2) is 0 Å². The van der Waals surface area contributed by atoms with Crippen molar-refractivity contribution in [3.8, 4) is 0 Å². The van der Waals surface area contributed by atoms with E-state index >= 15 is 0 Å². The van der Waals surface area contributed by atoms with E-state index in [2.05, 4.69) is 40.7 Å². The lowest BCUT2D eigenvalue weighted by Crippen LogP contribution is -2.50. The molecule has 3 fully saturated rings. The molecule has 0 heterocycles. The predicted molar refractivity (Wildman–Crippen MR) is 133 cm³/mol. The van der Waals surface area contributed by atoms with Crippen molar-refractivity contribution in [2.75, 3.05) is 0 Å². The van der Waals surface area contributed by atoms with Crippen molar-refractivity contribution in [2.45, 2.75) is 125 Å². The molecule has 0 radical (unpaired) electrons. The number of fused-ring (bicyclic) bond motifs is 5. The van der Waals surface area contributed by atoms with Crippen LogP contribution in [-0.2, 0) is 9.53 Å². The molecular weight excluding hydrogens is 392 g/mol. The van der Waals surface area contributed by atoms with Crippen molar-refractivity contribution < 1.29 is 9.53 Å². The van der Waals surface area contributed by atoms with E-state index in [1.54, 1.807) is 12.5 Å². The van der Waals surface area contributed by atoms with Gasteiger partial charge in [-0.1, -0.05) is 65.5 Å². The van der Waals surface area contributed by atoms with E-state index in [1.807, 2.05) is 0 Å². The lowest BCUT2D eigenvalue weighted by atomic mass is 9.47. The van der Waals surface area contributed by atoms with Crippen LogP contribution in [0.4, 0.5) is 0 Å². The summed E-state index contributed by atoms with van der Waals surface area (Å²) in [6.45, 7) is 14.0. The quantitative estimate of drug-likeness (QED) is 0.292. The Kier molecular flexibility index (Phi) is 7.19. The Morgan fingerprint density at radius 3 is 2.59 bits per heavy atom. The van der Waals surface area contributed by atoms with E-state index in [0.29, 0.717) is 10.8 Å². The molecule has 0 bridgehead atoms. The maximum atomic E-state index is 11.5. The van der Waals surface area contributed by atoms with Gasteiger partial charge in [-0.2, -0.15) is 0 Å². The normalized spacial score (nSPS) is 42.0. The number of hydrogen-bond donors (Lipinski definition) is 0. The van der Waals surface area contributed by atoms with Gasteiger partial charge in [-0.15, -0.1) is 0 Å². The summed E-state index contributed by atoms with van der Waals surface area (Å²) in [5.41, 5.74) is 2.55. The highest BCUT2D eigenvalue weighted by molar-refractivity contribution is 5.66. The first-order valence-electron chi connectivity index (χ1n) is 14.1. The van der Waals surface area contributed by atoms with E-state index in [9.17, 15) is 4.79 Å². The maximum absolute atomic E-state index is 11.5. The van der Waals surface area contributed by atoms with Crippen LogP contribution in [0.15, 0.2) is 11.6 Å². The van der Waals surface area contributed by atoms with Gasteiger partial charge in [-0.3, -0.25) is 4.79 Å². The molecule has 0 N–H and O–H groups in total. The fraction of sp³-hybridized carbons (Fsp3) is 0.900. The summed E-state index contributed by atoms with van der Waals surface area (Å²) in [5.74, 6) is 5.26. The highest BCUT2D eigenvalue weighted by atomic mass is 16.5. The zero-order chi connectivity index (χ0) is 23.1. The van der Waals surface area contributed by atoms with Gasteiger partial charge in [0.2, 0.25) is 0 Å². The average molecular weight is 443 g/mol. The van der Waals surface area contributed by atoms with Crippen molar-refractivity contribution in [3.05, 3.63) is 11.6 Å². The Bertz CT molecular complexity index is 708. The summed E-state index contributed by atoms with van der Waals surface area (Å²) in [6, 6.07) is 0.